The van der Waals surface area contributed by atoms with E-state index in [0.717, 1.165) is 0 Å². The number of ketones is 1. The maximum Gasteiger partial charge on any atom is 0.182 e. The number of carbonyl (C=O) groups is 1. The number of halogens is 2. The van der Waals surface area contributed by atoms with Gasteiger partial charge in [-0.25, -0.2) is 0 Å². The molecule has 0 aliphatic carbocycles. The van der Waals surface area contributed by atoms with Gasteiger partial charge in [-0.2, -0.15) is 5.26 Å². The van der Waals surface area contributed by atoms with E-state index in [2.05, 4.69) is 0 Å². The molecule has 0 atom stereocenters. The third kappa shape index (κ3) is 1.99. The number of aromatic hydroxyl groups is 1. The standard InChI is InChI=1S/C9H5ClINO2/c10-3-7(13)8-6(11)2-1-5(4-12)9(8)14/h1-2,14H,3H2. The predicted octanol–water partition coefficient (Wildman–Crippen LogP) is 2.29. The van der Waals surface area contributed by atoms with Crippen LogP contribution in [0.2, 0.25) is 0 Å². The van der Waals surface area contributed by atoms with Gasteiger partial charge < -0.3 is 5.11 Å². The monoisotopic (exact) mass is 321 g/mol. The lowest BCUT2D eigenvalue weighted by Gasteiger charge is -2.05. The summed E-state index contributed by atoms with van der Waals surface area (Å²) in [5.74, 6) is -0.881. The molecule has 72 valence electrons. The van der Waals surface area contributed by atoms with E-state index in [1.165, 1.54) is 6.07 Å². The SMILES string of the molecule is N#Cc1ccc(I)c(C(=O)CCl)c1O. The number of Topliss-reactive ketones (excluding diaryl/α,β-unsaturated/α-hetero) is 1. The van der Waals surface area contributed by atoms with Gasteiger partial charge in [-0.05, 0) is 34.7 Å². The molecule has 0 heterocycles. The van der Waals surface area contributed by atoms with Crippen molar-refractivity contribution >= 4 is 40.0 Å². The van der Waals surface area contributed by atoms with Crippen molar-refractivity contribution in [3.63, 3.8) is 0 Å². The van der Waals surface area contributed by atoms with E-state index in [1.54, 1.807) is 12.1 Å². The van der Waals surface area contributed by atoms with Gasteiger partial charge in [-0.15, -0.1) is 11.6 Å². The molecule has 0 aliphatic heterocycles. The first-order chi connectivity index (χ1) is 6.61. The molecule has 0 fully saturated rings. The molecule has 5 heteroatoms. The molecule has 0 aromatic heterocycles. The molecule has 0 radical (unpaired) electrons. The van der Waals surface area contributed by atoms with E-state index < -0.39 is 0 Å². The number of rotatable bonds is 2. The van der Waals surface area contributed by atoms with Crippen molar-refractivity contribution in [2.75, 3.05) is 5.88 Å². The van der Waals surface area contributed by atoms with E-state index >= 15 is 0 Å². The van der Waals surface area contributed by atoms with Crippen LogP contribution >= 0.6 is 34.2 Å². The highest BCUT2D eigenvalue weighted by molar-refractivity contribution is 14.1. The minimum absolute atomic E-state index is 0.0823. The summed E-state index contributed by atoms with van der Waals surface area (Å²) in [4.78, 5) is 11.3. The second-order valence-electron chi connectivity index (χ2n) is 2.49. The molecule has 1 aromatic rings. The Morgan fingerprint density at radius 2 is 2.29 bits per heavy atom. The van der Waals surface area contributed by atoms with Crippen LogP contribution in [0.1, 0.15) is 15.9 Å². The summed E-state index contributed by atoms with van der Waals surface area (Å²) in [7, 11) is 0. The second kappa shape index (κ2) is 4.62. The first kappa shape index (κ1) is 11.3. The van der Waals surface area contributed by atoms with Gasteiger partial charge >= 0.3 is 0 Å². The first-order valence-corrected chi connectivity index (χ1v) is 5.24. The highest BCUT2D eigenvalue weighted by atomic mass is 127. The summed E-state index contributed by atoms with van der Waals surface area (Å²) in [6.45, 7) is 0. The third-order valence-corrected chi connectivity index (χ3v) is 2.79. The molecule has 0 aliphatic rings. The van der Waals surface area contributed by atoms with Crippen molar-refractivity contribution in [3.05, 3.63) is 26.8 Å². The van der Waals surface area contributed by atoms with Crippen molar-refractivity contribution in [1.29, 1.82) is 5.26 Å². The quantitative estimate of drug-likeness (QED) is 0.516. The Kier molecular flexibility index (Phi) is 3.72. The third-order valence-electron chi connectivity index (χ3n) is 1.65. The Morgan fingerprint density at radius 1 is 1.64 bits per heavy atom. The fraction of sp³-hybridized carbons (Fsp3) is 0.111. The summed E-state index contributed by atoms with van der Waals surface area (Å²) >= 11 is 7.29. The topological polar surface area (TPSA) is 61.1 Å². The van der Waals surface area contributed by atoms with Crippen LogP contribution in [-0.2, 0) is 0 Å². The molecule has 0 spiro atoms. The number of nitrogens with zero attached hydrogens (tertiary/aromatic N) is 1. The first-order valence-electron chi connectivity index (χ1n) is 3.62. The van der Waals surface area contributed by atoms with Crippen molar-refractivity contribution in [1.82, 2.24) is 0 Å². The van der Waals surface area contributed by atoms with Crippen LogP contribution in [0.4, 0.5) is 0 Å². The van der Waals surface area contributed by atoms with E-state index in [0.29, 0.717) is 3.57 Å². The minimum atomic E-state index is -0.384. The minimum Gasteiger partial charge on any atom is -0.506 e. The van der Waals surface area contributed by atoms with Gasteiger partial charge in [0.1, 0.15) is 11.8 Å². The van der Waals surface area contributed by atoms with Gasteiger partial charge in [0.2, 0.25) is 0 Å². The molecule has 1 rings (SSSR count). The second-order valence-corrected chi connectivity index (χ2v) is 3.92. The Balaban J connectivity index is 3.42. The summed E-state index contributed by atoms with van der Waals surface area (Å²) in [6.07, 6.45) is 0. The van der Waals surface area contributed by atoms with Crippen LogP contribution in [0.15, 0.2) is 12.1 Å². The van der Waals surface area contributed by atoms with Crippen molar-refractivity contribution < 1.29 is 9.90 Å². The molecule has 0 saturated carbocycles. The Bertz CT molecular complexity index is 426. The highest BCUT2D eigenvalue weighted by Crippen LogP contribution is 2.27. The molecular formula is C9H5ClINO2. The number of phenolic OH excluding ortho intramolecular Hbond substituents is 1. The number of benzene rings is 1. The lowest BCUT2D eigenvalue weighted by molar-refractivity contribution is 0.101. The lowest BCUT2D eigenvalue weighted by atomic mass is 10.1. The average Bonchev–Trinajstić information content (AvgIpc) is 2.18. The van der Waals surface area contributed by atoms with E-state index in [9.17, 15) is 9.90 Å². The Hall–Kier alpha value is -0.800. The van der Waals surface area contributed by atoms with Crippen molar-refractivity contribution in [2.24, 2.45) is 0 Å². The molecule has 1 aromatic carbocycles. The van der Waals surface area contributed by atoms with Crippen molar-refractivity contribution in [3.8, 4) is 11.8 Å². The predicted molar refractivity (Wildman–Crippen MR) is 60.6 cm³/mol. The number of phenols is 1. The fourth-order valence-electron chi connectivity index (χ4n) is 0.989. The van der Waals surface area contributed by atoms with Gasteiger partial charge in [0.05, 0.1) is 17.0 Å². The van der Waals surface area contributed by atoms with Crippen LogP contribution in [0, 0.1) is 14.9 Å². The van der Waals surface area contributed by atoms with Crippen LogP contribution in [0.3, 0.4) is 0 Å². The van der Waals surface area contributed by atoms with Gasteiger partial charge in [-0.1, -0.05) is 0 Å². The van der Waals surface area contributed by atoms with Crippen LogP contribution in [-0.4, -0.2) is 16.8 Å². The summed E-state index contributed by atoms with van der Waals surface area (Å²) in [5.41, 5.74) is 0.207. The molecule has 0 bridgehead atoms. The van der Waals surface area contributed by atoms with E-state index in [1.807, 2.05) is 22.6 Å². The van der Waals surface area contributed by atoms with E-state index in [-0.39, 0.29) is 28.5 Å². The molecule has 0 amide bonds. The fourth-order valence-corrected chi connectivity index (χ4v) is 1.86. The molecule has 0 unspecified atom stereocenters. The zero-order chi connectivity index (χ0) is 10.7. The lowest BCUT2D eigenvalue weighted by Crippen LogP contribution is -2.04. The smallest absolute Gasteiger partial charge is 0.182 e. The molecule has 0 saturated heterocycles. The summed E-state index contributed by atoms with van der Waals surface area (Å²) < 4.78 is 0.588. The molecule has 1 N–H and O–H groups in total. The van der Waals surface area contributed by atoms with Crippen LogP contribution in [0.25, 0.3) is 0 Å². The Morgan fingerprint density at radius 3 is 2.79 bits per heavy atom. The maximum atomic E-state index is 11.3. The molecule has 14 heavy (non-hydrogen) atoms. The molecular weight excluding hydrogens is 316 g/mol. The average molecular weight is 322 g/mol. The number of alkyl halides is 1. The van der Waals surface area contributed by atoms with Crippen LogP contribution in [0.5, 0.6) is 5.75 Å². The highest BCUT2D eigenvalue weighted by Gasteiger charge is 2.17. The van der Waals surface area contributed by atoms with Crippen molar-refractivity contribution in [2.45, 2.75) is 0 Å². The summed E-state index contributed by atoms with van der Waals surface area (Å²) in [6, 6.07) is 4.85. The molecule has 3 nitrogen and oxygen atoms in total. The number of carbonyl (C=O) groups excluding carboxylic acids is 1. The van der Waals surface area contributed by atoms with Gasteiger partial charge in [0.25, 0.3) is 0 Å². The number of nitriles is 1. The van der Waals surface area contributed by atoms with Gasteiger partial charge in [0.15, 0.2) is 5.78 Å². The number of hydrogen-bond donors (Lipinski definition) is 1. The number of hydrogen-bond acceptors (Lipinski definition) is 3. The normalized spacial score (nSPS) is 9.50. The maximum absolute atomic E-state index is 11.3. The zero-order valence-electron chi connectivity index (χ0n) is 6.92. The van der Waals surface area contributed by atoms with Crippen LogP contribution < -0.4 is 0 Å². The zero-order valence-corrected chi connectivity index (χ0v) is 9.83. The summed E-state index contributed by atoms with van der Waals surface area (Å²) in [5, 5.41) is 18.2. The van der Waals surface area contributed by atoms with Gasteiger partial charge in [-0.3, -0.25) is 4.79 Å². The Labute approximate surface area is 99.4 Å². The largest absolute Gasteiger partial charge is 0.506 e. The van der Waals surface area contributed by atoms with Gasteiger partial charge in [0, 0.05) is 3.57 Å². The van der Waals surface area contributed by atoms with E-state index in [4.69, 9.17) is 16.9 Å².